The number of carbonyl (C=O) groups excluding carboxylic acids is 2. The highest BCUT2D eigenvalue weighted by molar-refractivity contribution is 5.80. The molecule has 3 atom stereocenters. The van der Waals surface area contributed by atoms with Crippen LogP contribution in [0, 0.1) is 5.92 Å². The van der Waals surface area contributed by atoms with Crippen molar-refractivity contribution in [3.8, 4) is 11.1 Å². The van der Waals surface area contributed by atoms with E-state index in [0.717, 1.165) is 11.1 Å². The number of carboxylic acid groups (broad SMARTS) is 1. The van der Waals surface area contributed by atoms with Crippen molar-refractivity contribution in [3.63, 3.8) is 0 Å². The van der Waals surface area contributed by atoms with Crippen molar-refractivity contribution in [1.29, 1.82) is 0 Å². The van der Waals surface area contributed by atoms with Crippen LogP contribution in [0.15, 0.2) is 48.5 Å². The number of ether oxygens (including phenoxy) is 1. The second-order valence-corrected chi connectivity index (χ2v) is 9.19. The summed E-state index contributed by atoms with van der Waals surface area (Å²) in [5.74, 6) is -1.58. The second-order valence-electron chi connectivity index (χ2n) is 9.19. The van der Waals surface area contributed by atoms with Crippen molar-refractivity contribution in [1.82, 2.24) is 10.2 Å². The lowest BCUT2D eigenvalue weighted by Gasteiger charge is -2.38. The fourth-order valence-electron chi connectivity index (χ4n) is 5.26. The second kappa shape index (κ2) is 10.3. The first-order chi connectivity index (χ1) is 16.4. The van der Waals surface area contributed by atoms with E-state index >= 15 is 0 Å². The first-order valence-corrected chi connectivity index (χ1v) is 12.0. The number of fused-ring (bicyclic) bond motifs is 3. The number of amides is 2. The van der Waals surface area contributed by atoms with Gasteiger partial charge in [0.15, 0.2) is 0 Å². The van der Waals surface area contributed by atoms with Gasteiger partial charge in [0.2, 0.25) is 5.91 Å². The summed E-state index contributed by atoms with van der Waals surface area (Å²) in [6, 6.07) is 15.6. The Balaban J connectivity index is 1.34. The number of hydrogen-bond acceptors (Lipinski definition) is 4. The van der Waals surface area contributed by atoms with E-state index in [0.29, 0.717) is 25.8 Å². The van der Waals surface area contributed by atoms with Crippen LogP contribution in [-0.2, 0) is 14.3 Å². The van der Waals surface area contributed by atoms with Crippen molar-refractivity contribution < 1.29 is 24.2 Å². The van der Waals surface area contributed by atoms with Gasteiger partial charge in [0.1, 0.15) is 6.61 Å². The van der Waals surface area contributed by atoms with E-state index in [2.05, 4.69) is 29.6 Å². The maximum absolute atomic E-state index is 12.9. The molecule has 180 valence electrons. The number of nitrogens with zero attached hydrogens (tertiary/aromatic N) is 1. The number of likely N-dealkylation sites (tertiary alicyclic amines) is 1. The molecule has 34 heavy (non-hydrogen) atoms. The number of carbonyl (C=O) groups is 3. The quantitative estimate of drug-likeness (QED) is 0.633. The van der Waals surface area contributed by atoms with Gasteiger partial charge >= 0.3 is 12.1 Å². The highest BCUT2D eigenvalue weighted by Crippen LogP contribution is 2.44. The van der Waals surface area contributed by atoms with Crippen LogP contribution in [0.25, 0.3) is 11.1 Å². The van der Waals surface area contributed by atoms with Crippen LogP contribution in [0.4, 0.5) is 4.79 Å². The number of nitrogens with one attached hydrogen (secondary N) is 1. The molecule has 4 rings (SSSR count). The third-order valence-corrected chi connectivity index (χ3v) is 7.21. The number of hydrogen-bond donors (Lipinski definition) is 2. The zero-order valence-corrected chi connectivity index (χ0v) is 19.7. The molecular formula is C27H32N2O5. The summed E-state index contributed by atoms with van der Waals surface area (Å²) in [5, 5.41) is 12.2. The van der Waals surface area contributed by atoms with Crippen molar-refractivity contribution >= 4 is 18.0 Å². The van der Waals surface area contributed by atoms with Crippen molar-refractivity contribution in [2.24, 2.45) is 5.92 Å². The van der Waals surface area contributed by atoms with Crippen molar-refractivity contribution in [3.05, 3.63) is 59.7 Å². The van der Waals surface area contributed by atoms with Gasteiger partial charge in [-0.15, -0.1) is 0 Å². The van der Waals surface area contributed by atoms with E-state index < -0.39 is 18.0 Å². The topological polar surface area (TPSA) is 95.9 Å². The molecule has 1 aliphatic carbocycles. The summed E-state index contributed by atoms with van der Waals surface area (Å²) in [6.07, 6.45) is 1.40. The largest absolute Gasteiger partial charge is 0.481 e. The zero-order valence-electron chi connectivity index (χ0n) is 19.7. The summed E-state index contributed by atoms with van der Waals surface area (Å²) in [7, 11) is 0. The minimum atomic E-state index is -0.867. The van der Waals surface area contributed by atoms with E-state index in [4.69, 9.17) is 4.74 Å². The smallest absolute Gasteiger partial charge is 0.407 e. The van der Waals surface area contributed by atoms with Crippen LogP contribution in [0.1, 0.15) is 56.6 Å². The summed E-state index contributed by atoms with van der Waals surface area (Å²) < 4.78 is 5.62. The molecular weight excluding hydrogens is 432 g/mol. The fraction of sp³-hybridized carbons (Fsp3) is 0.444. The average Bonchev–Trinajstić information content (AvgIpc) is 3.16. The molecule has 2 aromatic carbocycles. The highest BCUT2D eigenvalue weighted by Gasteiger charge is 2.36. The molecule has 1 heterocycles. The minimum absolute atomic E-state index is 0.0259. The Morgan fingerprint density at radius 3 is 2.29 bits per heavy atom. The molecule has 0 bridgehead atoms. The van der Waals surface area contributed by atoms with E-state index in [1.165, 1.54) is 11.1 Å². The highest BCUT2D eigenvalue weighted by atomic mass is 16.5. The summed E-state index contributed by atoms with van der Waals surface area (Å²) >= 11 is 0. The maximum Gasteiger partial charge on any atom is 0.407 e. The van der Waals surface area contributed by atoms with Crippen LogP contribution in [0.5, 0.6) is 0 Å². The minimum Gasteiger partial charge on any atom is -0.481 e. The van der Waals surface area contributed by atoms with Crippen LogP contribution in [0.3, 0.4) is 0 Å². The molecule has 2 aliphatic rings. The molecule has 1 fully saturated rings. The van der Waals surface area contributed by atoms with Crippen LogP contribution < -0.4 is 5.32 Å². The molecule has 1 saturated heterocycles. The van der Waals surface area contributed by atoms with E-state index in [9.17, 15) is 19.5 Å². The molecule has 1 aliphatic heterocycles. The lowest BCUT2D eigenvalue weighted by atomic mass is 9.90. The van der Waals surface area contributed by atoms with Gasteiger partial charge in [0.25, 0.3) is 0 Å². The molecule has 0 radical (unpaired) electrons. The molecule has 0 saturated carbocycles. The van der Waals surface area contributed by atoms with Crippen LogP contribution in [0.2, 0.25) is 0 Å². The number of carboxylic acids is 1. The first-order valence-electron chi connectivity index (χ1n) is 12.0. The number of piperidine rings is 1. The molecule has 2 amide bonds. The molecule has 7 heteroatoms. The fourth-order valence-corrected chi connectivity index (χ4v) is 5.26. The number of rotatable bonds is 7. The van der Waals surface area contributed by atoms with Gasteiger partial charge < -0.3 is 20.1 Å². The van der Waals surface area contributed by atoms with Crippen LogP contribution in [-0.4, -0.2) is 53.2 Å². The molecule has 7 nitrogen and oxygen atoms in total. The zero-order chi connectivity index (χ0) is 24.2. The third-order valence-electron chi connectivity index (χ3n) is 7.21. The molecule has 2 N–H and O–H groups in total. The van der Waals surface area contributed by atoms with Gasteiger partial charge in [-0.3, -0.25) is 9.59 Å². The summed E-state index contributed by atoms with van der Waals surface area (Å²) in [6.45, 7) is 4.45. The number of aliphatic carboxylic acids is 1. The Hall–Kier alpha value is -3.35. The van der Waals surface area contributed by atoms with Gasteiger partial charge in [-0.1, -0.05) is 55.5 Å². The normalized spacial score (nSPS) is 20.2. The Kier molecular flexibility index (Phi) is 7.20. The first kappa shape index (κ1) is 23.8. The number of benzene rings is 2. The third kappa shape index (κ3) is 4.79. The molecule has 1 unspecified atom stereocenters. The standard InChI is InChI=1S/C27H32N2O5/c1-3-18(15-25(30)29-14-8-13-19(17(29)2)26(31)32)28-27(33)34-16-24-22-11-6-4-9-20(22)21-10-5-7-12-23(21)24/h4-7,9-12,17-19,24H,3,8,13-16H2,1-2H3,(H,28,33)(H,31,32)/t17-,18?,19-/m1/s1. The predicted octanol–water partition coefficient (Wildman–Crippen LogP) is 4.41. The molecule has 2 aromatic rings. The van der Waals surface area contributed by atoms with Crippen molar-refractivity contribution in [2.75, 3.05) is 13.2 Å². The predicted molar refractivity (Wildman–Crippen MR) is 128 cm³/mol. The Morgan fingerprint density at radius 1 is 1.09 bits per heavy atom. The summed E-state index contributed by atoms with van der Waals surface area (Å²) in [5.41, 5.74) is 4.62. The Morgan fingerprint density at radius 2 is 1.71 bits per heavy atom. The van der Waals surface area contributed by atoms with Gasteiger partial charge in [-0.25, -0.2) is 4.79 Å². The van der Waals surface area contributed by atoms with E-state index in [1.807, 2.05) is 31.2 Å². The van der Waals surface area contributed by atoms with Gasteiger partial charge in [-0.2, -0.15) is 0 Å². The SMILES string of the molecule is CCC(CC(=O)N1CCC[C@@H](C(=O)O)[C@H]1C)NC(=O)OCC1c2ccccc2-c2ccccc21. The summed E-state index contributed by atoms with van der Waals surface area (Å²) in [4.78, 5) is 38.7. The van der Waals surface area contributed by atoms with E-state index in [-0.39, 0.29) is 36.9 Å². The van der Waals surface area contributed by atoms with E-state index in [1.54, 1.807) is 11.8 Å². The monoisotopic (exact) mass is 464 g/mol. The van der Waals surface area contributed by atoms with Gasteiger partial charge in [0, 0.05) is 31.0 Å². The number of alkyl carbamates (subject to hydrolysis) is 1. The lowest BCUT2D eigenvalue weighted by Crippen LogP contribution is -2.50. The Bertz CT molecular complexity index is 1020. The van der Waals surface area contributed by atoms with Gasteiger partial charge in [-0.05, 0) is 48.4 Å². The molecule has 0 spiro atoms. The average molecular weight is 465 g/mol. The lowest BCUT2D eigenvalue weighted by molar-refractivity contribution is -0.149. The Labute approximate surface area is 200 Å². The molecule has 0 aromatic heterocycles. The van der Waals surface area contributed by atoms with Gasteiger partial charge in [0.05, 0.1) is 5.92 Å². The van der Waals surface area contributed by atoms with Crippen LogP contribution >= 0.6 is 0 Å². The maximum atomic E-state index is 12.9. The van der Waals surface area contributed by atoms with Crippen molar-refractivity contribution in [2.45, 2.75) is 57.5 Å².